The monoisotopic (exact) mass is 216 g/mol. The molecule has 4 nitrogen and oxygen atoms in total. The third-order valence-corrected chi connectivity index (χ3v) is 2.11. The van der Waals surface area contributed by atoms with Crippen molar-refractivity contribution >= 4 is 11.4 Å². The molecule has 0 N–H and O–H groups in total. The van der Waals surface area contributed by atoms with Crippen LogP contribution in [0.5, 0.6) is 0 Å². The van der Waals surface area contributed by atoms with Crippen LogP contribution in [-0.2, 0) is 0 Å². The topological polar surface area (TPSA) is 51.0 Å². The Balaban J connectivity index is 2.17. The van der Waals surface area contributed by atoms with Crippen LogP contribution in [0, 0.1) is 0 Å². The molecule has 0 atom stereocenters. The maximum absolute atomic E-state index is 5.19. The van der Waals surface area contributed by atoms with E-state index in [4.69, 9.17) is 8.83 Å². The van der Waals surface area contributed by atoms with E-state index >= 15 is 0 Å². The number of furan rings is 2. The molecule has 0 amide bonds. The Hall–Kier alpha value is -2.10. The first-order chi connectivity index (χ1) is 7.77. The van der Waals surface area contributed by atoms with Crippen molar-refractivity contribution in [1.82, 2.24) is 0 Å². The molecule has 0 spiro atoms. The highest BCUT2D eigenvalue weighted by atomic mass is 16.3. The van der Waals surface area contributed by atoms with E-state index in [0.29, 0.717) is 0 Å². The SMILES string of the molecule is CC(=NN=C(C)c1ccco1)c1ccco1. The molecule has 0 fully saturated rings. The quantitative estimate of drug-likeness (QED) is 0.584. The van der Waals surface area contributed by atoms with Gasteiger partial charge in [0, 0.05) is 0 Å². The molecule has 0 aliphatic heterocycles. The van der Waals surface area contributed by atoms with Gasteiger partial charge in [0.05, 0.1) is 12.5 Å². The minimum Gasteiger partial charge on any atom is -0.463 e. The van der Waals surface area contributed by atoms with Gasteiger partial charge in [-0.2, -0.15) is 10.2 Å². The molecule has 4 heteroatoms. The predicted molar refractivity (Wildman–Crippen MR) is 61.8 cm³/mol. The summed E-state index contributed by atoms with van der Waals surface area (Å²) < 4.78 is 10.4. The summed E-state index contributed by atoms with van der Waals surface area (Å²) in [5, 5.41) is 8.15. The summed E-state index contributed by atoms with van der Waals surface area (Å²) >= 11 is 0. The second kappa shape index (κ2) is 4.61. The lowest BCUT2D eigenvalue weighted by atomic mass is 10.3. The number of rotatable bonds is 3. The minimum atomic E-state index is 0.719. The molecule has 0 radical (unpaired) electrons. The molecule has 0 unspecified atom stereocenters. The van der Waals surface area contributed by atoms with Gasteiger partial charge >= 0.3 is 0 Å². The van der Waals surface area contributed by atoms with Gasteiger partial charge in [0.1, 0.15) is 22.9 Å². The van der Waals surface area contributed by atoms with Gasteiger partial charge in [0.25, 0.3) is 0 Å². The van der Waals surface area contributed by atoms with Crippen molar-refractivity contribution in [3.8, 4) is 0 Å². The van der Waals surface area contributed by atoms with Gasteiger partial charge in [-0.25, -0.2) is 0 Å². The lowest BCUT2D eigenvalue weighted by Crippen LogP contribution is -1.94. The lowest BCUT2D eigenvalue weighted by molar-refractivity contribution is 0.555. The number of nitrogens with zero attached hydrogens (tertiary/aromatic N) is 2. The van der Waals surface area contributed by atoms with E-state index in [2.05, 4.69) is 10.2 Å². The fourth-order valence-corrected chi connectivity index (χ4v) is 1.22. The fourth-order valence-electron chi connectivity index (χ4n) is 1.22. The van der Waals surface area contributed by atoms with Crippen LogP contribution in [0.3, 0.4) is 0 Å². The van der Waals surface area contributed by atoms with E-state index in [9.17, 15) is 0 Å². The van der Waals surface area contributed by atoms with Crippen LogP contribution in [0.25, 0.3) is 0 Å². The Labute approximate surface area is 93.3 Å². The summed E-state index contributed by atoms with van der Waals surface area (Å²) in [4.78, 5) is 0. The average Bonchev–Trinajstić information content (AvgIpc) is 2.95. The van der Waals surface area contributed by atoms with Gasteiger partial charge in [0.15, 0.2) is 0 Å². The van der Waals surface area contributed by atoms with Crippen molar-refractivity contribution in [2.75, 3.05) is 0 Å². The highest BCUT2D eigenvalue weighted by molar-refractivity contribution is 5.99. The summed E-state index contributed by atoms with van der Waals surface area (Å²) in [6.45, 7) is 3.69. The lowest BCUT2D eigenvalue weighted by Gasteiger charge is -1.93. The Bertz CT molecular complexity index is 445. The van der Waals surface area contributed by atoms with Crippen molar-refractivity contribution in [1.29, 1.82) is 0 Å². The van der Waals surface area contributed by atoms with E-state index in [1.54, 1.807) is 12.5 Å². The standard InChI is InChI=1S/C12H12N2O2/c1-9(11-5-3-7-15-11)13-14-10(2)12-6-4-8-16-12/h3-8H,1-2H3. The predicted octanol–water partition coefficient (Wildman–Crippen LogP) is 3.11. The van der Waals surface area contributed by atoms with Crippen molar-refractivity contribution in [2.45, 2.75) is 13.8 Å². The largest absolute Gasteiger partial charge is 0.463 e. The molecule has 0 bridgehead atoms. The maximum Gasteiger partial charge on any atom is 0.149 e. The third-order valence-electron chi connectivity index (χ3n) is 2.11. The summed E-state index contributed by atoms with van der Waals surface area (Å²) in [6, 6.07) is 7.32. The van der Waals surface area contributed by atoms with Gasteiger partial charge in [-0.05, 0) is 38.1 Å². The van der Waals surface area contributed by atoms with Crippen LogP contribution < -0.4 is 0 Å². The molecular formula is C12H12N2O2. The Kier molecular flexibility index (Phi) is 3.00. The molecule has 2 heterocycles. The summed E-state index contributed by atoms with van der Waals surface area (Å²) in [5.74, 6) is 1.44. The van der Waals surface area contributed by atoms with E-state index in [1.807, 2.05) is 38.1 Å². The zero-order valence-corrected chi connectivity index (χ0v) is 9.18. The Morgan fingerprint density at radius 3 is 1.62 bits per heavy atom. The van der Waals surface area contributed by atoms with Crippen molar-refractivity contribution in [2.24, 2.45) is 10.2 Å². The van der Waals surface area contributed by atoms with Crippen LogP contribution in [0.15, 0.2) is 55.8 Å². The minimum absolute atomic E-state index is 0.719. The fraction of sp³-hybridized carbons (Fsp3) is 0.167. The first-order valence-electron chi connectivity index (χ1n) is 4.94. The maximum atomic E-state index is 5.19. The summed E-state index contributed by atoms with van der Waals surface area (Å²) in [7, 11) is 0. The summed E-state index contributed by atoms with van der Waals surface area (Å²) in [5.41, 5.74) is 1.46. The van der Waals surface area contributed by atoms with Crippen LogP contribution in [-0.4, -0.2) is 11.4 Å². The molecule has 0 aliphatic carbocycles. The molecule has 82 valence electrons. The third kappa shape index (κ3) is 2.28. The molecule has 16 heavy (non-hydrogen) atoms. The van der Waals surface area contributed by atoms with E-state index in [0.717, 1.165) is 22.9 Å². The van der Waals surface area contributed by atoms with Gasteiger partial charge in [-0.3, -0.25) is 0 Å². The van der Waals surface area contributed by atoms with Gasteiger partial charge in [0.2, 0.25) is 0 Å². The highest BCUT2D eigenvalue weighted by Crippen LogP contribution is 2.05. The first kappa shape index (κ1) is 10.4. The van der Waals surface area contributed by atoms with Crippen LogP contribution in [0.4, 0.5) is 0 Å². The second-order valence-electron chi connectivity index (χ2n) is 3.33. The van der Waals surface area contributed by atoms with E-state index < -0.39 is 0 Å². The summed E-state index contributed by atoms with van der Waals surface area (Å²) in [6.07, 6.45) is 3.22. The molecule has 0 saturated carbocycles. The smallest absolute Gasteiger partial charge is 0.149 e. The highest BCUT2D eigenvalue weighted by Gasteiger charge is 2.01. The zero-order chi connectivity index (χ0) is 11.4. The van der Waals surface area contributed by atoms with E-state index in [-0.39, 0.29) is 0 Å². The average molecular weight is 216 g/mol. The number of hydrogen-bond acceptors (Lipinski definition) is 4. The molecule has 2 rings (SSSR count). The van der Waals surface area contributed by atoms with E-state index in [1.165, 1.54) is 0 Å². The van der Waals surface area contributed by atoms with Crippen molar-refractivity contribution < 1.29 is 8.83 Å². The molecule has 0 aromatic carbocycles. The Morgan fingerprint density at radius 2 is 1.31 bits per heavy atom. The molecule has 2 aromatic rings. The normalized spacial score (nSPS) is 13.1. The van der Waals surface area contributed by atoms with Crippen LogP contribution in [0.2, 0.25) is 0 Å². The number of hydrogen-bond donors (Lipinski definition) is 0. The first-order valence-corrected chi connectivity index (χ1v) is 4.94. The molecular weight excluding hydrogens is 204 g/mol. The zero-order valence-electron chi connectivity index (χ0n) is 9.18. The van der Waals surface area contributed by atoms with Crippen molar-refractivity contribution in [3.05, 3.63) is 48.3 Å². The van der Waals surface area contributed by atoms with Crippen molar-refractivity contribution in [3.63, 3.8) is 0 Å². The molecule has 2 aromatic heterocycles. The van der Waals surface area contributed by atoms with Gasteiger partial charge < -0.3 is 8.83 Å². The van der Waals surface area contributed by atoms with Crippen LogP contribution in [0.1, 0.15) is 25.4 Å². The Morgan fingerprint density at radius 1 is 0.875 bits per heavy atom. The molecule has 0 saturated heterocycles. The van der Waals surface area contributed by atoms with Gasteiger partial charge in [-0.15, -0.1) is 0 Å². The second-order valence-corrected chi connectivity index (χ2v) is 3.33. The van der Waals surface area contributed by atoms with Crippen LogP contribution >= 0.6 is 0 Å². The molecule has 0 aliphatic rings. The van der Waals surface area contributed by atoms with Gasteiger partial charge in [-0.1, -0.05) is 0 Å².